The highest BCUT2D eigenvalue weighted by Gasteiger charge is 2.50. The minimum Gasteiger partial charge on any atom is -0.393 e. The lowest BCUT2D eigenvalue weighted by atomic mass is 9.61. The lowest BCUT2D eigenvalue weighted by Gasteiger charge is -2.44. The Kier molecular flexibility index (Phi) is 7.02. The fourth-order valence-electron chi connectivity index (χ4n) is 6.25. The van der Waals surface area contributed by atoms with Gasteiger partial charge < -0.3 is 15.3 Å². The van der Waals surface area contributed by atoms with Crippen LogP contribution in [0.15, 0.2) is 35.5 Å². The van der Waals surface area contributed by atoms with E-state index in [0.717, 1.165) is 24.0 Å². The molecule has 0 aromatic rings. The molecule has 0 aromatic heterocycles. The van der Waals surface area contributed by atoms with Gasteiger partial charge in [-0.1, -0.05) is 44.1 Å². The fraction of sp³-hybridized carbons (Fsp3) is 0.704. The molecule has 0 bridgehead atoms. The lowest BCUT2D eigenvalue weighted by Crippen LogP contribution is -2.36. The first kappa shape index (κ1) is 23.3. The van der Waals surface area contributed by atoms with Crippen molar-refractivity contribution >= 4 is 0 Å². The summed E-state index contributed by atoms with van der Waals surface area (Å²) >= 11 is 0. The maximum Gasteiger partial charge on any atom is 0.119 e. The molecule has 6 atom stereocenters. The van der Waals surface area contributed by atoms with Crippen LogP contribution in [0.25, 0.3) is 0 Å². The van der Waals surface area contributed by atoms with Crippen LogP contribution in [0.2, 0.25) is 0 Å². The smallest absolute Gasteiger partial charge is 0.119 e. The average Bonchev–Trinajstić information content (AvgIpc) is 3.00. The molecule has 0 aliphatic heterocycles. The quantitative estimate of drug-likeness (QED) is 0.576. The van der Waals surface area contributed by atoms with E-state index in [-0.39, 0.29) is 0 Å². The van der Waals surface area contributed by atoms with Crippen molar-refractivity contribution < 1.29 is 15.3 Å². The number of allylic oxidation sites excluding steroid dienone is 3. The predicted molar refractivity (Wildman–Crippen MR) is 123 cm³/mol. The number of fused-ring (bicyclic) bond motifs is 1. The van der Waals surface area contributed by atoms with E-state index in [1.165, 1.54) is 31.3 Å². The molecule has 0 saturated heterocycles. The van der Waals surface area contributed by atoms with Gasteiger partial charge in [-0.05, 0) is 86.7 Å². The van der Waals surface area contributed by atoms with E-state index in [1.54, 1.807) is 13.8 Å². The molecule has 3 N–H and O–H groups in total. The van der Waals surface area contributed by atoms with Crippen LogP contribution in [0.1, 0.15) is 79.1 Å². The monoisotopic (exact) mass is 412 g/mol. The van der Waals surface area contributed by atoms with E-state index in [9.17, 15) is 15.3 Å². The van der Waals surface area contributed by atoms with Gasteiger partial charge in [0.25, 0.3) is 0 Å². The molecule has 3 saturated carbocycles. The molecule has 3 nitrogen and oxygen atoms in total. The van der Waals surface area contributed by atoms with Crippen molar-refractivity contribution in [2.45, 2.75) is 96.9 Å². The number of hydrogen-bond donors (Lipinski definition) is 3. The zero-order chi connectivity index (χ0) is 22.1. The normalized spacial score (nSPS) is 38.3. The molecule has 0 amide bonds. The van der Waals surface area contributed by atoms with Gasteiger partial charge in [0.2, 0.25) is 0 Å². The Balaban J connectivity index is 1.75. The summed E-state index contributed by atoms with van der Waals surface area (Å²) in [4.78, 5) is 0. The predicted octanol–water partition coefficient (Wildman–Crippen LogP) is 4.93. The second-order valence-electron chi connectivity index (χ2n) is 10.7. The fourth-order valence-corrected chi connectivity index (χ4v) is 6.25. The van der Waals surface area contributed by atoms with Crippen LogP contribution in [0.5, 0.6) is 0 Å². The topological polar surface area (TPSA) is 60.7 Å². The van der Waals surface area contributed by atoms with Crippen molar-refractivity contribution in [3.8, 4) is 11.8 Å². The first-order chi connectivity index (χ1) is 14.0. The highest BCUT2D eigenvalue weighted by atomic mass is 16.3. The van der Waals surface area contributed by atoms with Gasteiger partial charge in [0, 0.05) is 12.8 Å². The van der Waals surface area contributed by atoms with Crippen LogP contribution < -0.4 is 0 Å². The van der Waals surface area contributed by atoms with Crippen LogP contribution in [0.3, 0.4) is 0 Å². The molecule has 0 spiro atoms. The summed E-state index contributed by atoms with van der Waals surface area (Å²) in [6.07, 6.45) is 11.2. The first-order valence-corrected chi connectivity index (χ1v) is 11.7. The summed E-state index contributed by atoms with van der Waals surface area (Å²) in [5.74, 6) is 7.98. The second kappa shape index (κ2) is 9.03. The molecular formula is C27H40O3. The molecular weight excluding hydrogens is 372 g/mol. The van der Waals surface area contributed by atoms with Gasteiger partial charge in [-0.15, -0.1) is 5.92 Å². The molecule has 0 heterocycles. The molecule has 3 aliphatic carbocycles. The summed E-state index contributed by atoms with van der Waals surface area (Å²) in [5, 5.41) is 30.0. The second-order valence-corrected chi connectivity index (χ2v) is 10.7. The summed E-state index contributed by atoms with van der Waals surface area (Å²) in [5.41, 5.74) is 2.67. The average molecular weight is 413 g/mol. The highest BCUT2D eigenvalue weighted by molar-refractivity contribution is 5.38. The van der Waals surface area contributed by atoms with Crippen molar-refractivity contribution in [3.05, 3.63) is 35.5 Å². The van der Waals surface area contributed by atoms with E-state index < -0.39 is 17.8 Å². The van der Waals surface area contributed by atoms with Crippen LogP contribution in [0.4, 0.5) is 0 Å². The molecule has 0 aromatic carbocycles. The minimum atomic E-state index is -0.916. The van der Waals surface area contributed by atoms with Crippen molar-refractivity contribution in [1.29, 1.82) is 0 Å². The summed E-state index contributed by atoms with van der Waals surface area (Å²) in [6.45, 7) is 12.3. The Morgan fingerprint density at radius 2 is 2.00 bits per heavy atom. The lowest BCUT2D eigenvalue weighted by molar-refractivity contribution is 0.0861. The molecule has 3 rings (SSSR count). The molecule has 166 valence electrons. The SMILES string of the molecule is C=C1/C(=C\C=C2/CCC[C@]3(C)[C@@H]([C@H](C)CC#CC(C)(C)O)CC[C@@H]23)C[C@@H](O)CC1O. The molecule has 3 heteroatoms. The summed E-state index contributed by atoms with van der Waals surface area (Å²) in [7, 11) is 0. The maximum absolute atomic E-state index is 10.1. The number of hydrogen-bond acceptors (Lipinski definition) is 3. The van der Waals surface area contributed by atoms with Gasteiger partial charge in [-0.3, -0.25) is 0 Å². The Bertz CT molecular complexity index is 772. The summed E-state index contributed by atoms with van der Waals surface area (Å²) < 4.78 is 0. The van der Waals surface area contributed by atoms with Crippen molar-refractivity contribution in [2.24, 2.45) is 23.2 Å². The number of aliphatic hydroxyl groups is 3. The van der Waals surface area contributed by atoms with Crippen LogP contribution in [-0.2, 0) is 0 Å². The van der Waals surface area contributed by atoms with E-state index >= 15 is 0 Å². The van der Waals surface area contributed by atoms with Crippen molar-refractivity contribution in [3.63, 3.8) is 0 Å². The Hall–Kier alpha value is -1.34. The maximum atomic E-state index is 10.1. The van der Waals surface area contributed by atoms with Gasteiger partial charge in [0.15, 0.2) is 0 Å². The van der Waals surface area contributed by atoms with Crippen molar-refractivity contribution in [1.82, 2.24) is 0 Å². The van der Waals surface area contributed by atoms with E-state index in [1.807, 2.05) is 0 Å². The molecule has 30 heavy (non-hydrogen) atoms. The van der Waals surface area contributed by atoms with Gasteiger partial charge in [-0.2, -0.15) is 0 Å². The van der Waals surface area contributed by atoms with Crippen molar-refractivity contribution in [2.75, 3.05) is 0 Å². The molecule has 1 unspecified atom stereocenters. The van der Waals surface area contributed by atoms with E-state index in [2.05, 4.69) is 44.4 Å². The van der Waals surface area contributed by atoms with Crippen LogP contribution in [0, 0.1) is 35.0 Å². The van der Waals surface area contributed by atoms with Crippen LogP contribution in [-0.4, -0.2) is 33.1 Å². The Labute approximate surface area is 183 Å². The Morgan fingerprint density at radius 1 is 1.27 bits per heavy atom. The molecule has 3 aliphatic rings. The zero-order valence-electron chi connectivity index (χ0n) is 19.2. The molecule has 0 radical (unpaired) electrons. The van der Waals surface area contributed by atoms with Crippen LogP contribution >= 0.6 is 0 Å². The minimum absolute atomic E-state index is 0.307. The van der Waals surface area contributed by atoms with Gasteiger partial charge in [0.05, 0.1) is 12.2 Å². The van der Waals surface area contributed by atoms with Gasteiger partial charge >= 0.3 is 0 Å². The molecule has 3 fully saturated rings. The number of aliphatic hydroxyl groups excluding tert-OH is 2. The third kappa shape index (κ3) is 5.10. The first-order valence-electron chi connectivity index (χ1n) is 11.7. The van der Waals surface area contributed by atoms with E-state index in [4.69, 9.17) is 0 Å². The third-order valence-corrected chi connectivity index (χ3v) is 7.81. The Morgan fingerprint density at radius 3 is 2.70 bits per heavy atom. The highest BCUT2D eigenvalue weighted by Crippen LogP contribution is 2.59. The largest absolute Gasteiger partial charge is 0.393 e. The van der Waals surface area contributed by atoms with Gasteiger partial charge in [-0.25, -0.2) is 0 Å². The zero-order valence-corrected chi connectivity index (χ0v) is 19.2. The van der Waals surface area contributed by atoms with E-state index in [0.29, 0.717) is 36.0 Å². The third-order valence-electron chi connectivity index (χ3n) is 7.81. The number of rotatable bonds is 3. The summed E-state index contributed by atoms with van der Waals surface area (Å²) in [6, 6.07) is 0. The standard InChI is InChI=1S/C27H40O3/c1-18(8-6-14-26(3,4)30)23-12-13-24-20(9-7-15-27(23,24)5)10-11-21-16-22(28)17-25(29)19(21)2/h10-11,18,22-25,28-30H,2,7-9,12-13,15-17H2,1,3-5H3/b20-10+,21-11-/t18-,22-,23-,24+,25?,27-/m1/s1. The van der Waals surface area contributed by atoms with Gasteiger partial charge in [0.1, 0.15) is 5.60 Å².